The Morgan fingerprint density at radius 2 is 1.93 bits per heavy atom. The Balaban J connectivity index is 0.00000280. The van der Waals surface area contributed by atoms with Crippen LogP contribution in [0.5, 0.6) is 5.75 Å². The first-order valence-electron chi connectivity index (χ1n) is 10.2. The van der Waals surface area contributed by atoms with Gasteiger partial charge in [0.1, 0.15) is 5.75 Å². The lowest BCUT2D eigenvalue weighted by Gasteiger charge is -2.32. The molecule has 1 unspecified atom stereocenters. The second-order valence-electron chi connectivity index (χ2n) is 7.38. The van der Waals surface area contributed by atoms with Gasteiger partial charge in [-0.1, -0.05) is 17.7 Å². The average Bonchev–Trinajstić information content (AvgIpc) is 3.19. The van der Waals surface area contributed by atoms with Gasteiger partial charge in [0, 0.05) is 45.8 Å². The summed E-state index contributed by atoms with van der Waals surface area (Å²) in [5.41, 5.74) is 1.26. The highest BCUT2D eigenvalue weighted by Gasteiger charge is 2.30. The number of aryl methyl sites for hydroxylation is 1. The lowest BCUT2D eigenvalue weighted by atomic mass is 10.2. The van der Waals surface area contributed by atoms with Gasteiger partial charge >= 0.3 is 0 Å². The number of nitrogens with zero attached hydrogens (tertiary/aromatic N) is 3. The minimum Gasteiger partial charge on any atom is -0.494 e. The SMILES string of the molecule is CN=C(NCCCCOc1ccc(C)cc1)N1CCC(N2CCOCC2)C1.I. The Morgan fingerprint density at radius 1 is 1.18 bits per heavy atom. The van der Waals surface area contributed by atoms with Crippen molar-refractivity contribution in [2.75, 3.05) is 59.6 Å². The van der Waals surface area contributed by atoms with Crippen molar-refractivity contribution in [3.63, 3.8) is 0 Å². The van der Waals surface area contributed by atoms with Crippen molar-refractivity contribution < 1.29 is 9.47 Å². The number of aliphatic imine (C=N–C) groups is 1. The van der Waals surface area contributed by atoms with E-state index in [4.69, 9.17) is 9.47 Å². The minimum absolute atomic E-state index is 0. The fourth-order valence-corrected chi connectivity index (χ4v) is 3.76. The first kappa shape index (κ1) is 23.2. The molecule has 0 amide bonds. The molecule has 1 atom stereocenters. The molecule has 1 aromatic rings. The van der Waals surface area contributed by atoms with E-state index in [-0.39, 0.29) is 24.0 Å². The summed E-state index contributed by atoms with van der Waals surface area (Å²) in [6, 6.07) is 8.87. The van der Waals surface area contributed by atoms with Crippen LogP contribution in [0.3, 0.4) is 0 Å². The van der Waals surface area contributed by atoms with Crippen LogP contribution in [-0.4, -0.2) is 81.4 Å². The molecule has 2 saturated heterocycles. The molecule has 7 heteroatoms. The summed E-state index contributed by atoms with van der Waals surface area (Å²) in [5.74, 6) is 1.99. The molecule has 158 valence electrons. The maximum Gasteiger partial charge on any atom is 0.193 e. The van der Waals surface area contributed by atoms with Gasteiger partial charge in [0.05, 0.1) is 19.8 Å². The van der Waals surface area contributed by atoms with Gasteiger partial charge in [-0.25, -0.2) is 0 Å². The van der Waals surface area contributed by atoms with Gasteiger partial charge in [-0.05, 0) is 38.3 Å². The number of likely N-dealkylation sites (tertiary alicyclic amines) is 1. The smallest absolute Gasteiger partial charge is 0.193 e. The Hall–Kier alpha value is -1.06. The third kappa shape index (κ3) is 7.08. The number of hydrogen-bond donors (Lipinski definition) is 1. The normalized spacial score (nSPS) is 20.7. The van der Waals surface area contributed by atoms with Crippen molar-refractivity contribution in [2.24, 2.45) is 4.99 Å². The van der Waals surface area contributed by atoms with Crippen LogP contribution in [-0.2, 0) is 4.74 Å². The highest BCUT2D eigenvalue weighted by Crippen LogP contribution is 2.17. The second-order valence-corrected chi connectivity index (χ2v) is 7.38. The van der Waals surface area contributed by atoms with Crippen LogP contribution >= 0.6 is 24.0 Å². The summed E-state index contributed by atoms with van der Waals surface area (Å²) in [5, 5.41) is 3.52. The fourth-order valence-electron chi connectivity index (χ4n) is 3.76. The lowest BCUT2D eigenvalue weighted by molar-refractivity contribution is 0.0195. The molecule has 0 spiro atoms. The molecule has 1 aromatic carbocycles. The zero-order valence-corrected chi connectivity index (χ0v) is 19.6. The zero-order valence-electron chi connectivity index (χ0n) is 17.2. The molecule has 2 heterocycles. The Morgan fingerprint density at radius 3 is 2.64 bits per heavy atom. The molecule has 2 aliphatic heterocycles. The summed E-state index contributed by atoms with van der Waals surface area (Å²) in [6.45, 7) is 9.79. The van der Waals surface area contributed by atoms with Crippen LogP contribution < -0.4 is 10.1 Å². The first-order chi connectivity index (χ1) is 13.3. The van der Waals surface area contributed by atoms with E-state index in [0.717, 1.165) is 77.1 Å². The van der Waals surface area contributed by atoms with Crippen molar-refractivity contribution in [1.29, 1.82) is 0 Å². The Kier molecular flexibility index (Phi) is 10.4. The summed E-state index contributed by atoms with van der Waals surface area (Å²) in [4.78, 5) is 9.44. The quantitative estimate of drug-likeness (QED) is 0.269. The van der Waals surface area contributed by atoms with Gasteiger partial charge < -0.3 is 19.7 Å². The average molecular weight is 502 g/mol. The number of rotatable bonds is 7. The third-order valence-electron chi connectivity index (χ3n) is 5.38. The number of halogens is 1. The van der Waals surface area contributed by atoms with Crippen LogP contribution in [0.15, 0.2) is 29.3 Å². The molecule has 0 saturated carbocycles. The summed E-state index contributed by atoms with van der Waals surface area (Å²) in [6.07, 6.45) is 3.32. The molecule has 1 N–H and O–H groups in total. The van der Waals surface area contributed by atoms with E-state index >= 15 is 0 Å². The fraction of sp³-hybridized carbons (Fsp3) is 0.667. The second kappa shape index (κ2) is 12.5. The van der Waals surface area contributed by atoms with E-state index in [0.29, 0.717) is 6.04 Å². The highest BCUT2D eigenvalue weighted by atomic mass is 127. The number of benzene rings is 1. The molecule has 0 radical (unpaired) electrons. The molecule has 0 bridgehead atoms. The zero-order chi connectivity index (χ0) is 18.9. The molecule has 0 aliphatic carbocycles. The number of unbranched alkanes of at least 4 members (excludes halogenated alkanes) is 1. The molecule has 6 nitrogen and oxygen atoms in total. The van der Waals surface area contributed by atoms with E-state index in [1.807, 2.05) is 19.2 Å². The minimum atomic E-state index is 0. The van der Waals surface area contributed by atoms with E-state index in [2.05, 4.69) is 39.2 Å². The highest BCUT2D eigenvalue weighted by molar-refractivity contribution is 14.0. The van der Waals surface area contributed by atoms with Crippen molar-refractivity contribution in [3.8, 4) is 5.75 Å². The topological polar surface area (TPSA) is 49.3 Å². The molecule has 0 aromatic heterocycles. The van der Waals surface area contributed by atoms with E-state index < -0.39 is 0 Å². The van der Waals surface area contributed by atoms with Gasteiger partial charge in [0.25, 0.3) is 0 Å². The van der Waals surface area contributed by atoms with Gasteiger partial charge in [0.2, 0.25) is 0 Å². The number of ether oxygens (including phenoxy) is 2. The van der Waals surface area contributed by atoms with Crippen LogP contribution in [0.25, 0.3) is 0 Å². The number of guanidine groups is 1. The predicted molar refractivity (Wildman–Crippen MR) is 125 cm³/mol. The molecule has 2 fully saturated rings. The van der Waals surface area contributed by atoms with E-state index in [9.17, 15) is 0 Å². The largest absolute Gasteiger partial charge is 0.494 e. The van der Waals surface area contributed by atoms with Crippen LogP contribution in [0.2, 0.25) is 0 Å². The monoisotopic (exact) mass is 502 g/mol. The van der Waals surface area contributed by atoms with Crippen molar-refractivity contribution in [1.82, 2.24) is 15.1 Å². The molecular weight excluding hydrogens is 467 g/mol. The summed E-state index contributed by atoms with van der Waals surface area (Å²) in [7, 11) is 1.88. The standard InChI is InChI=1S/C21H34N4O2.HI/c1-18-5-7-20(8-6-18)27-14-4-3-10-23-21(22-2)25-11-9-19(17-25)24-12-15-26-16-13-24;/h5-8,19H,3-4,9-17H2,1-2H3,(H,22,23);1H. The Bertz CT molecular complexity index is 591. The van der Waals surface area contributed by atoms with Crippen LogP contribution in [0, 0.1) is 6.92 Å². The molecule has 2 aliphatic rings. The van der Waals surface area contributed by atoms with Gasteiger partial charge in [0.15, 0.2) is 5.96 Å². The van der Waals surface area contributed by atoms with Crippen LogP contribution in [0.4, 0.5) is 0 Å². The molecule has 28 heavy (non-hydrogen) atoms. The third-order valence-corrected chi connectivity index (χ3v) is 5.38. The summed E-state index contributed by atoms with van der Waals surface area (Å²) >= 11 is 0. The van der Waals surface area contributed by atoms with Crippen molar-refractivity contribution >= 4 is 29.9 Å². The van der Waals surface area contributed by atoms with Gasteiger partial charge in [-0.15, -0.1) is 24.0 Å². The first-order valence-corrected chi connectivity index (χ1v) is 10.2. The van der Waals surface area contributed by atoms with Crippen molar-refractivity contribution in [3.05, 3.63) is 29.8 Å². The van der Waals surface area contributed by atoms with Crippen molar-refractivity contribution in [2.45, 2.75) is 32.2 Å². The maximum atomic E-state index is 5.79. The number of hydrogen-bond acceptors (Lipinski definition) is 4. The predicted octanol–water partition coefficient (Wildman–Crippen LogP) is 2.75. The molecular formula is C21H35IN4O2. The van der Waals surface area contributed by atoms with Gasteiger partial charge in [-0.3, -0.25) is 9.89 Å². The van der Waals surface area contributed by atoms with Crippen LogP contribution in [0.1, 0.15) is 24.8 Å². The van der Waals surface area contributed by atoms with E-state index in [1.165, 1.54) is 12.0 Å². The Labute approximate surface area is 186 Å². The molecule has 3 rings (SSSR count). The number of nitrogens with one attached hydrogen (secondary N) is 1. The van der Waals surface area contributed by atoms with E-state index in [1.54, 1.807) is 0 Å². The summed E-state index contributed by atoms with van der Waals surface area (Å²) < 4.78 is 11.3. The maximum absolute atomic E-state index is 5.79. The lowest BCUT2D eigenvalue weighted by Crippen LogP contribution is -2.46. The number of morpholine rings is 1. The van der Waals surface area contributed by atoms with Gasteiger partial charge in [-0.2, -0.15) is 0 Å².